The van der Waals surface area contributed by atoms with Crippen LogP contribution in [0, 0.1) is 16.7 Å². The standard InChI is InChI=1S/C20H27N3O3/c1-19(2,3)17-10-16(24)11-20(26-17)6-8-23(9-7-20)18(25)14-4-5-15(12-21)22-13-14/h4-5,13,16-17,24H,6-11H2,1-3H3/t16-,17-/m1/s1. The number of aliphatic hydroxyl groups excluding tert-OH is 1. The quantitative estimate of drug-likeness (QED) is 0.834. The maximum absolute atomic E-state index is 12.7. The Morgan fingerprint density at radius 3 is 2.62 bits per heavy atom. The Labute approximate surface area is 154 Å². The Morgan fingerprint density at radius 2 is 2.08 bits per heavy atom. The van der Waals surface area contributed by atoms with E-state index < -0.39 is 0 Å². The van der Waals surface area contributed by atoms with Crippen molar-refractivity contribution in [2.24, 2.45) is 5.41 Å². The Kier molecular flexibility index (Phi) is 5.05. The molecular formula is C20H27N3O3. The first kappa shape index (κ1) is 18.8. The van der Waals surface area contributed by atoms with Crippen LogP contribution in [0.25, 0.3) is 0 Å². The molecule has 3 rings (SSSR count). The maximum Gasteiger partial charge on any atom is 0.255 e. The number of carbonyl (C=O) groups is 1. The fourth-order valence-electron chi connectivity index (χ4n) is 3.90. The summed E-state index contributed by atoms with van der Waals surface area (Å²) in [4.78, 5) is 18.5. The van der Waals surface area contributed by atoms with Gasteiger partial charge in [0.1, 0.15) is 11.8 Å². The van der Waals surface area contributed by atoms with Gasteiger partial charge in [-0.25, -0.2) is 4.98 Å². The first-order chi connectivity index (χ1) is 12.2. The molecule has 2 aliphatic rings. The van der Waals surface area contributed by atoms with Gasteiger partial charge in [0.05, 0.1) is 23.4 Å². The lowest BCUT2D eigenvalue weighted by molar-refractivity contribution is -0.205. The van der Waals surface area contributed by atoms with Gasteiger partial charge in [0, 0.05) is 32.1 Å². The average Bonchev–Trinajstić information content (AvgIpc) is 2.60. The van der Waals surface area contributed by atoms with Gasteiger partial charge in [-0.05, 0) is 30.4 Å². The number of carbonyl (C=O) groups excluding carboxylic acids is 1. The van der Waals surface area contributed by atoms with Crippen LogP contribution in [0.4, 0.5) is 0 Å². The third-order valence-electron chi connectivity index (χ3n) is 5.54. The monoisotopic (exact) mass is 357 g/mol. The van der Waals surface area contributed by atoms with Crippen molar-refractivity contribution in [3.05, 3.63) is 29.6 Å². The summed E-state index contributed by atoms with van der Waals surface area (Å²) in [5.74, 6) is -0.0689. The van der Waals surface area contributed by atoms with Crippen molar-refractivity contribution in [2.75, 3.05) is 13.1 Å². The van der Waals surface area contributed by atoms with Crippen LogP contribution in [0.15, 0.2) is 18.3 Å². The summed E-state index contributed by atoms with van der Waals surface area (Å²) in [7, 11) is 0. The molecule has 2 aliphatic heterocycles. The van der Waals surface area contributed by atoms with E-state index in [1.165, 1.54) is 6.20 Å². The molecule has 0 bridgehead atoms. The van der Waals surface area contributed by atoms with Crippen LogP contribution in [0.1, 0.15) is 62.5 Å². The van der Waals surface area contributed by atoms with Gasteiger partial charge < -0.3 is 14.7 Å². The van der Waals surface area contributed by atoms with Crippen LogP contribution < -0.4 is 0 Å². The van der Waals surface area contributed by atoms with Gasteiger partial charge in [0.2, 0.25) is 0 Å². The van der Waals surface area contributed by atoms with E-state index >= 15 is 0 Å². The van der Waals surface area contributed by atoms with Gasteiger partial charge in [-0.3, -0.25) is 4.79 Å². The van der Waals surface area contributed by atoms with Gasteiger partial charge in [-0.15, -0.1) is 0 Å². The second-order valence-corrected chi connectivity index (χ2v) is 8.59. The summed E-state index contributed by atoms with van der Waals surface area (Å²) < 4.78 is 6.47. The summed E-state index contributed by atoms with van der Waals surface area (Å²) >= 11 is 0. The first-order valence-electron chi connectivity index (χ1n) is 9.24. The van der Waals surface area contributed by atoms with Crippen LogP contribution in [0.5, 0.6) is 0 Å². The minimum absolute atomic E-state index is 0.0183. The molecule has 1 aromatic heterocycles. The van der Waals surface area contributed by atoms with Crippen LogP contribution in [0.2, 0.25) is 0 Å². The van der Waals surface area contributed by atoms with Crippen molar-refractivity contribution < 1.29 is 14.6 Å². The second-order valence-electron chi connectivity index (χ2n) is 8.59. The van der Waals surface area contributed by atoms with Crippen molar-refractivity contribution in [2.45, 2.75) is 64.3 Å². The molecule has 1 aromatic rings. The maximum atomic E-state index is 12.7. The van der Waals surface area contributed by atoms with Crippen LogP contribution in [-0.4, -0.2) is 51.8 Å². The van der Waals surface area contributed by atoms with E-state index in [2.05, 4.69) is 25.8 Å². The predicted molar refractivity (Wildman–Crippen MR) is 96.4 cm³/mol. The molecule has 0 unspecified atom stereocenters. The van der Waals surface area contributed by atoms with E-state index in [4.69, 9.17) is 10.00 Å². The number of aliphatic hydroxyl groups is 1. The third-order valence-corrected chi connectivity index (χ3v) is 5.54. The highest BCUT2D eigenvalue weighted by molar-refractivity contribution is 5.94. The first-order valence-corrected chi connectivity index (χ1v) is 9.24. The van der Waals surface area contributed by atoms with Crippen molar-refractivity contribution >= 4 is 5.91 Å². The van der Waals surface area contributed by atoms with Gasteiger partial charge in [0.15, 0.2) is 0 Å². The minimum Gasteiger partial charge on any atom is -0.393 e. The fourth-order valence-corrected chi connectivity index (χ4v) is 3.90. The van der Waals surface area contributed by atoms with E-state index in [0.29, 0.717) is 37.2 Å². The highest BCUT2D eigenvalue weighted by atomic mass is 16.5. The van der Waals surface area contributed by atoms with E-state index in [9.17, 15) is 9.90 Å². The summed E-state index contributed by atoms with van der Waals surface area (Å²) in [5.41, 5.74) is 0.444. The zero-order valence-corrected chi connectivity index (χ0v) is 15.7. The number of aromatic nitrogens is 1. The number of nitrogens with zero attached hydrogens (tertiary/aromatic N) is 3. The lowest BCUT2D eigenvalue weighted by Gasteiger charge is -2.50. The summed E-state index contributed by atoms with van der Waals surface area (Å²) in [6, 6.07) is 5.17. The number of rotatable bonds is 1. The molecule has 3 heterocycles. The number of nitriles is 1. The molecule has 0 aromatic carbocycles. The van der Waals surface area contributed by atoms with Gasteiger partial charge in [-0.2, -0.15) is 5.26 Å². The molecule has 140 valence electrons. The molecule has 2 saturated heterocycles. The minimum atomic E-state index is -0.349. The van der Waals surface area contributed by atoms with E-state index in [1.54, 1.807) is 12.1 Å². The smallest absolute Gasteiger partial charge is 0.255 e. The Balaban J connectivity index is 1.66. The lowest BCUT2D eigenvalue weighted by Crippen LogP contribution is -2.55. The van der Waals surface area contributed by atoms with Gasteiger partial charge in [0.25, 0.3) is 5.91 Å². The van der Waals surface area contributed by atoms with Crippen molar-refractivity contribution in [1.29, 1.82) is 5.26 Å². The van der Waals surface area contributed by atoms with Crippen LogP contribution in [0.3, 0.4) is 0 Å². The number of piperidine rings is 1. The molecule has 26 heavy (non-hydrogen) atoms. The summed E-state index contributed by atoms with van der Waals surface area (Å²) in [6.07, 6.45) is 3.90. The summed E-state index contributed by atoms with van der Waals surface area (Å²) in [6.45, 7) is 7.62. The topological polar surface area (TPSA) is 86.5 Å². The Morgan fingerprint density at radius 1 is 1.38 bits per heavy atom. The van der Waals surface area contributed by atoms with E-state index in [1.807, 2.05) is 11.0 Å². The molecule has 2 atom stereocenters. The molecule has 0 saturated carbocycles. The zero-order chi connectivity index (χ0) is 18.9. The number of likely N-dealkylation sites (tertiary alicyclic amines) is 1. The molecule has 0 aliphatic carbocycles. The lowest BCUT2D eigenvalue weighted by atomic mass is 9.76. The summed E-state index contributed by atoms with van der Waals surface area (Å²) in [5, 5.41) is 19.2. The Bertz CT molecular complexity index is 694. The zero-order valence-electron chi connectivity index (χ0n) is 15.7. The Hall–Kier alpha value is -1.97. The molecule has 2 fully saturated rings. The number of amides is 1. The number of pyridine rings is 1. The van der Waals surface area contributed by atoms with E-state index in [0.717, 1.165) is 12.8 Å². The highest BCUT2D eigenvalue weighted by Gasteiger charge is 2.46. The molecule has 0 radical (unpaired) electrons. The normalized spacial score (nSPS) is 25.7. The third kappa shape index (κ3) is 3.89. The molecule has 6 heteroatoms. The predicted octanol–water partition coefficient (Wildman–Crippen LogP) is 2.51. The van der Waals surface area contributed by atoms with Crippen LogP contribution in [-0.2, 0) is 4.74 Å². The van der Waals surface area contributed by atoms with Crippen molar-refractivity contribution in [1.82, 2.24) is 9.88 Å². The van der Waals surface area contributed by atoms with Crippen molar-refractivity contribution in [3.8, 4) is 6.07 Å². The second kappa shape index (κ2) is 6.98. The van der Waals surface area contributed by atoms with Crippen LogP contribution >= 0.6 is 0 Å². The van der Waals surface area contributed by atoms with Crippen molar-refractivity contribution in [3.63, 3.8) is 0 Å². The molecule has 1 N–H and O–H groups in total. The average molecular weight is 357 g/mol. The number of hydrogen-bond acceptors (Lipinski definition) is 5. The number of hydrogen-bond donors (Lipinski definition) is 1. The van der Waals surface area contributed by atoms with Gasteiger partial charge >= 0.3 is 0 Å². The van der Waals surface area contributed by atoms with E-state index in [-0.39, 0.29) is 29.1 Å². The molecule has 1 amide bonds. The molecule has 6 nitrogen and oxygen atoms in total. The highest BCUT2D eigenvalue weighted by Crippen LogP contribution is 2.42. The van der Waals surface area contributed by atoms with Gasteiger partial charge in [-0.1, -0.05) is 20.8 Å². The number of ether oxygens (including phenoxy) is 1. The molecule has 1 spiro atoms. The SMILES string of the molecule is CC(C)(C)[C@H]1C[C@@H](O)CC2(CCN(C(=O)c3ccc(C#N)nc3)CC2)O1. The largest absolute Gasteiger partial charge is 0.393 e. The fraction of sp³-hybridized carbons (Fsp3) is 0.650. The molecular weight excluding hydrogens is 330 g/mol.